The molecular weight excluding hydrogens is 300 g/mol. The van der Waals surface area contributed by atoms with Crippen LogP contribution in [0.25, 0.3) is 0 Å². The van der Waals surface area contributed by atoms with Crippen molar-refractivity contribution in [1.29, 1.82) is 5.26 Å². The van der Waals surface area contributed by atoms with Crippen molar-refractivity contribution < 1.29 is 13.2 Å². The molecule has 0 spiro atoms. The van der Waals surface area contributed by atoms with Crippen molar-refractivity contribution in [2.75, 3.05) is 7.11 Å². The number of ether oxygens (including phenoxy) is 1. The van der Waals surface area contributed by atoms with E-state index in [0.717, 1.165) is 11.1 Å². The second kappa shape index (κ2) is 6.60. The molecule has 114 valence electrons. The molecule has 2 rings (SSSR count). The van der Waals surface area contributed by atoms with Crippen LogP contribution in [0.4, 0.5) is 0 Å². The SMILES string of the molecule is COc1ccc(S(=O)(=O)NCc2ccc(C)cc2)cc1C#N. The van der Waals surface area contributed by atoms with Gasteiger partial charge in [0.05, 0.1) is 17.6 Å². The Hall–Kier alpha value is -2.36. The molecule has 2 aromatic carbocycles. The van der Waals surface area contributed by atoms with Gasteiger partial charge in [-0.25, -0.2) is 13.1 Å². The number of benzene rings is 2. The average molecular weight is 316 g/mol. The van der Waals surface area contributed by atoms with Crippen LogP contribution in [0.2, 0.25) is 0 Å². The van der Waals surface area contributed by atoms with Gasteiger partial charge in [0.1, 0.15) is 11.8 Å². The highest BCUT2D eigenvalue weighted by Gasteiger charge is 2.16. The molecule has 0 bridgehead atoms. The van der Waals surface area contributed by atoms with Gasteiger partial charge in [0, 0.05) is 6.54 Å². The molecule has 0 aliphatic carbocycles. The van der Waals surface area contributed by atoms with E-state index < -0.39 is 10.0 Å². The summed E-state index contributed by atoms with van der Waals surface area (Å²) < 4.78 is 32.1. The molecule has 0 unspecified atom stereocenters. The lowest BCUT2D eigenvalue weighted by molar-refractivity contribution is 0.413. The molecule has 0 radical (unpaired) electrons. The van der Waals surface area contributed by atoms with Gasteiger partial charge in [-0.15, -0.1) is 0 Å². The molecule has 0 heterocycles. The molecule has 2 aromatic rings. The Labute approximate surface area is 130 Å². The van der Waals surface area contributed by atoms with Crippen LogP contribution in [0, 0.1) is 18.3 Å². The fourth-order valence-electron chi connectivity index (χ4n) is 1.91. The normalized spacial score (nSPS) is 11.0. The van der Waals surface area contributed by atoms with Crippen molar-refractivity contribution in [1.82, 2.24) is 4.72 Å². The number of methoxy groups -OCH3 is 1. The molecule has 6 heteroatoms. The molecule has 0 amide bonds. The standard InChI is InChI=1S/C16H16N2O3S/c1-12-3-5-13(6-4-12)11-18-22(19,20)15-7-8-16(21-2)14(9-15)10-17/h3-9,18H,11H2,1-2H3. The lowest BCUT2D eigenvalue weighted by Crippen LogP contribution is -2.23. The molecule has 0 saturated carbocycles. The van der Waals surface area contributed by atoms with Crippen molar-refractivity contribution in [3.05, 3.63) is 59.2 Å². The Morgan fingerprint density at radius 2 is 1.86 bits per heavy atom. The van der Waals surface area contributed by atoms with Gasteiger partial charge >= 0.3 is 0 Å². The van der Waals surface area contributed by atoms with Gasteiger partial charge < -0.3 is 4.74 Å². The summed E-state index contributed by atoms with van der Waals surface area (Å²) in [7, 11) is -2.25. The van der Waals surface area contributed by atoms with E-state index in [1.54, 1.807) is 0 Å². The van der Waals surface area contributed by atoms with E-state index in [1.165, 1.54) is 25.3 Å². The number of nitrogens with one attached hydrogen (secondary N) is 1. The van der Waals surface area contributed by atoms with Gasteiger partial charge in [0.25, 0.3) is 0 Å². The number of hydrogen-bond acceptors (Lipinski definition) is 4. The number of sulfonamides is 1. The molecule has 22 heavy (non-hydrogen) atoms. The maximum atomic E-state index is 12.3. The van der Waals surface area contributed by atoms with Crippen molar-refractivity contribution in [3.8, 4) is 11.8 Å². The van der Waals surface area contributed by atoms with Crippen LogP contribution in [-0.4, -0.2) is 15.5 Å². The van der Waals surface area contributed by atoms with Crippen LogP contribution >= 0.6 is 0 Å². The number of nitriles is 1. The Bertz CT molecular complexity index is 806. The summed E-state index contributed by atoms with van der Waals surface area (Å²) in [5.41, 5.74) is 2.16. The van der Waals surface area contributed by atoms with Crippen LogP contribution < -0.4 is 9.46 Å². The summed E-state index contributed by atoms with van der Waals surface area (Å²) in [5.74, 6) is 0.347. The Morgan fingerprint density at radius 1 is 1.18 bits per heavy atom. The zero-order valence-corrected chi connectivity index (χ0v) is 13.1. The summed E-state index contributed by atoms with van der Waals surface area (Å²) in [4.78, 5) is 0.0389. The summed E-state index contributed by atoms with van der Waals surface area (Å²) in [5, 5.41) is 9.03. The van der Waals surface area contributed by atoms with Gasteiger partial charge in [0.2, 0.25) is 10.0 Å². The third kappa shape index (κ3) is 3.64. The number of rotatable bonds is 5. The Kier molecular flexibility index (Phi) is 4.81. The number of nitrogens with zero attached hydrogens (tertiary/aromatic N) is 1. The number of aryl methyl sites for hydroxylation is 1. The summed E-state index contributed by atoms with van der Waals surface area (Å²) in [6, 6.07) is 13.7. The van der Waals surface area contributed by atoms with Gasteiger partial charge in [-0.05, 0) is 30.7 Å². The molecule has 0 aliphatic heterocycles. The smallest absolute Gasteiger partial charge is 0.240 e. The molecule has 0 fully saturated rings. The second-order valence-corrected chi connectivity index (χ2v) is 6.55. The highest BCUT2D eigenvalue weighted by molar-refractivity contribution is 7.89. The first-order valence-electron chi connectivity index (χ1n) is 6.59. The van der Waals surface area contributed by atoms with Crippen molar-refractivity contribution in [2.45, 2.75) is 18.4 Å². The molecule has 0 saturated heterocycles. The van der Waals surface area contributed by atoms with E-state index >= 15 is 0 Å². The van der Waals surface area contributed by atoms with E-state index in [-0.39, 0.29) is 17.0 Å². The van der Waals surface area contributed by atoms with E-state index in [0.29, 0.717) is 5.75 Å². The summed E-state index contributed by atoms with van der Waals surface area (Å²) >= 11 is 0. The van der Waals surface area contributed by atoms with Gasteiger partial charge in [-0.1, -0.05) is 29.8 Å². The van der Waals surface area contributed by atoms with Crippen molar-refractivity contribution in [2.24, 2.45) is 0 Å². The highest BCUT2D eigenvalue weighted by Crippen LogP contribution is 2.21. The monoisotopic (exact) mass is 316 g/mol. The minimum absolute atomic E-state index is 0.0389. The molecule has 0 aliphatic rings. The fourth-order valence-corrected chi connectivity index (χ4v) is 2.95. The third-order valence-electron chi connectivity index (χ3n) is 3.19. The Morgan fingerprint density at radius 3 is 2.45 bits per heavy atom. The predicted octanol–water partition coefficient (Wildman–Crippen LogP) is 2.35. The summed E-state index contributed by atoms with van der Waals surface area (Å²) in [6.45, 7) is 2.16. The first kappa shape index (κ1) is 16.0. The van der Waals surface area contributed by atoms with E-state index in [4.69, 9.17) is 10.00 Å². The van der Waals surface area contributed by atoms with E-state index in [9.17, 15) is 8.42 Å². The predicted molar refractivity (Wildman–Crippen MR) is 82.9 cm³/mol. The zero-order valence-electron chi connectivity index (χ0n) is 12.3. The highest BCUT2D eigenvalue weighted by atomic mass is 32.2. The van der Waals surface area contributed by atoms with Crippen molar-refractivity contribution in [3.63, 3.8) is 0 Å². The van der Waals surface area contributed by atoms with Crippen LogP contribution in [0.15, 0.2) is 47.4 Å². The maximum Gasteiger partial charge on any atom is 0.240 e. The average Bonchev–Trinajstić information content (AvgIpc) is 2.53. The molecule has 1 N–H and O–H groups in total. The first-order valence-corrected chi connectivity index (χ1v) is 8.08. The molecule has 0 atom stereocenters. The van der Waals surface area contributed by atoms with Gasteiger partial charge in [0.15, 0.2) is 0 Å². The topological polar surface area (TPSA) is 79.2 Å². The van der Waals surface area contributed by atoms with E-state index in [1.807, 2.05) is 37.3 Å². The first-order chi connectivity index (χ1) is 10.5. The van der Waals surface area contributed by atoms with Gasteiger partial charge in [-0.3, -0.25) is 0 Å². The lowest BCUT2D eigenvalue weighted by Gasteiger charge is -2.09. The fraction of sp³-hybridized carbons (Fsp3) is 0.188. The number of hydrogen-bond donors (Lipinski definition) is 1. The lowest BCUT2D eigenvalue weighted by atomic mass is 10.2. The van der Waals surface area contributed by atoms with Gasteiger partial charge in [-0.2, -0.15) is 5.26 Å². The third-order valence-corrected chi connectivity index (χ3v) is 4.59. The van der Waals surface area contributed by atoms with Crippen LogP contribution in [0.3, 0.4) is 0 Å². The maximum absolute atomic E-state index is 12.3. The minimum atomic E-state index is -3.68. The summed E-state index contributed by atoms with van der Waals surface area (Å²) in [6.07, 6.45) is 0. The largest absolute Gasteiger partial charge is 0.495 e. The Balaban J connectivity index is 2.20. The second-order valence-electron chi connectivity index (χ2n) is 4.78. The molecular formula is C16H16N2O3S. The molecule has 5 nitrogen and oxygen atoms in total. The van der Waals surface area contributed by atoms with Crippen molar-refractivity contribution >= 4 is 10.0 Å². The van der Waals surface area contributed by atoms with Crippen LogP contribution in [-0.2, 0) is 16.6 Å². The van der Waals surface area contributed by atoms with E-state index in [2.05, 4.69) is 4.72 Å². The molecule has 0 aromatic heterocycles. The minimum Gasteiger partial charge on any atom is -0.495 e. The van der Waals surface area contributed by atoms with Crippen LogP contribution in [0.1, 0.15) is 16.7 Å². The zero-order chi connectivity index (χ0) is 16.2. The quantitative estimate of drug-likeness (QED) is 0.918. The van der Waals surface area contributed by atoms with Crippen LogP contribution in [0.5, 0.6) is 5.75 Å².